The molecule has 23 heavy (non-hydrogen) atoms. The summed E-state index contributed by atoms with van der Waals surface area (Å²) in [7, 11) is 1.80. The van der Waals surface area contributed by atoms with Gasteiger partial charge in [-0.05, 0) is 43.6 Å². The number of rotatable bonds is 5. The summed E-state index contributed by atoms with van der Waals surface area (Å²) >= 11 is 5.81. The van der Waals surface area contributed by atoms with Gasteiger partial charge in [-0.1, -0.05) is 23.7 Å². The van der Waals surface area contributed by atoms with Crippen molar-refractivity contribution in [1.82, 2.24) is 20.9 Å². The zero-order valence-electron chi connectivity index (χ0n) is 13.3. The zero-order chi connectivity index (χ0) is 16.7. The highest BCUT2D eigenvalue weighted by Crippen LogP contribution is 2.10. The van der Waals surface area contributed by atoms with E-state index in [0.717, 1.165) is 31.5 Å². The molecule has 7 heteroatoms. The number of piperidine rings is 1. The average molecular weight is 339 g/mol. The number of carbonyl (C=O) groups is 2. The fourth-order valence-corrected chi connectivity index (χ4v) is 2.65. The average Bonchev–Trinajstić information content (AvgIpc) is 2.59. The highest BCUT2D eigenvalue weighted by atomic mass is 35.5. The first-order valence-electron chi connectivity index (χ1n) is 7.79. The van der Waals surface area contributed by atoms with Gasteiger partial charge >= 0.3 is 6.03 Å². The highest BCUT2D eigenvalue weighted by Gasteiger charge is 2.21. The minimum absolute atomic E-state index is 0.00683. The Morgan fingerprint density at radius 3 is 2.52 bits per heavy atom. The topological polar surface area (TPSA) is 73.5 Å². The van der Waals surface area contributed by atoms with Crippen LogP contribution < -0.4 is 16.0 Å². The number of benzene rings is 1. The van der Waals surface area contributed by atoms with Crippen LogP contribution in [0.4, 0.5) is 4.79 Å². The lowest BCUT2D eigenvalue weighted by molar-refractivity contribution is -0.131. The van der Waals surface area contributed by atoms with Crippen molar-refractivity contribution < 1.29 is 9.59 Å². The molecule has 1 aliphatic heterocycles. The van der Waals surface area contributed by atoms with Gasteiger partial charge in [-0.25, -0.2) is 4.79 Å². The summed E-state index contributed by atoms with van der Waals surface area (Å²) in [5.41, 5.74) is 0.947. The first-order chi connectivity index (χ1) is 11.1. The van der Waals surface area contributed by atoms with Crippen LogP contribution in [-0.4, -0.2) is 49.6 Å². The molecule has 1 aromatic carbocycles. The van der Waals surface area contributed by atoms with Gasteiger partial charge in [0.05, 0.1) is 6.54 Å². The number of likely N-dealkylation sites (N-methyl/N-ethyl adjacent to an activating group) is 1. The van der Waals surface area contributed by atoms with Gasteiger partial charge in [0, 0.05) is 24.7 Å². The summed E-state index contributed by atoms with van der Waals surface area (Å²) < 4.78 is 0. The van der Waals surface area contributed by atoms with Crippen LogP contribution in [0.15, 0.2) is 24.3 Å². The second-order valence-corrected chi connectivity index (χ2v) is 6.08. The molecule has 3 amide bonds. The molecule has 126 valence electrons. The van der Waals surface area contributed by atoms with Crippen molar-refractivity contribution in [3.63, 3.8) is 0 Å². The van der Waals surface area contributed by atoms with Gasteiger partial charge < -0.3 is 20.9 Å². The summed E-state index contributed by atoms with van der Waals surface area (Å²) in [6.45, 7) is 2.25. The van der Waals surface area contributed by atoms with E-state index in [4.69, 9.17) is 11.6 Å². The van der Waals surface area contributed by atoms with E-state index >= 15 is 0 Å². The third-order valence-electron chi connectivity index (χ3n) is 4.02. The van der Waals surface area contributed by atoms with E-state index < -0.39 is 0 Å². The van der Waals surface area contributed by atoms with Crippen molar-refractivity contribution in [2.45, 2.75) is 25.4 Å². The van der Waals surface area contributed by atoms with Crippen LogP contribution in [0.5, 0.6) is 0 Å². The predicted molar refractivity (Wildman–Crippen MR) is 90.4 cm³/mol. The van der Waals surface area contributed by atoms with Gasteiger partial charge in [-0.15, -0.1) is 0 Å². The molecule has 3 N–H and O–H groups in total. The normalized spacial score (nSPS) is 15.0. The molecule has 0 bridgehead atoms. The van der Waals surface area contributed by atoms with Gasteiger partial charge in [0.2, 0.25) is 5.91 Å². The summed E-state index contributed by atoms with van der Waals surface area (Å²) in [6, 6.07) is 7.13. The number of amides is 3. The third kappa shape index (κ3) is 5.73. The molecule has 0 aromatic heterocycles. The first-order valence-corrected chi connectivity index (χ1v) is 8.16. The third-order valence-corrected chi connectivity index (χ3v) is 4.27. The molecule has 0 radical (unpaired) electrons. The maximum absolute atomic E-state index is 12.1. The molecule has 1 saturated heterocycles. The van der Waals surface area contributed by atoms with E-state index in [0.29, 0.717) is 11.6 Å². The number of carbonyl (C=O) groups excluding carboxylic acids is 2. The maximum atomic E-state index is 12.1. The van der Waals surface area contributed by atoms with Crippen LogP contribution in [0.25, 0.3) is 0 Å². The van der Waals surface area contributed by atoms with E-state index in [1.165, 1.54) is 0 Å². The highest BCUT2D eigenvalue weighted by molar-refractivity contribution is 6.30. The minimum Gasteiger partial charge on any atom is -0.341 e. The Balaban J connectivity index is 1.68. The Bertz CT molecular complexity index is 529. The molecule has 1 heterocycles. The lowest BCUT2D eigenvalue weighted by atomic mass is 10.1. The molecule has 1 aliphatic rings. The summed E-state index contributed by atoms with van der Waals surface area (Å²) in [5, 5.41) is 9.25. The van der Waals surface area contributed by atoms with Gasteiger partial charge in [-0.3, -0.25) is 4.79 Å². The Labute approximate surface area is 141 Å². The number of hydrogen-bond acceptors (Lipinski definition) is 3. The predicted octanol–water partition coefficient (Wildman–Crippen LogP) is 1.35. The minimum atomic E-state index is -0.355. The lowest BCUT2D eigenvalue weighted by Crippen LogP contribution is -2.48. The van der Waals surface area contributed by atoms with E-state index in [-0.39, 0.29) is 24.5 Å². The van der Waals surface area contributed by atoms with Crippen molar-refractivity contribution >= 4 is 23.5 Å². The number of nitrogens with zero attached hydrogens (tertiary/aromatic N) is 1. The van der Waals surface area contributed by atoms with Crippen LogP contribution in [0.3, 0.4) is 0 Å². The van der Waals surface area contributed by atoms with Crippen molar-refractivity contribution in [2.24, 2.45) is 0 Å². The van der Waals surface area contributed by atoms with Gasteiger partial charge in [0.1, 0.15) is 0 Å². The fraction of sp³-hybridized carbons (Fsp3) is 0.500. The number of hydrogen-bond donors (Lipinski definition) is 3. The van der Waals surface area contributed by atoms with Gasteiger partial charge in [0.25, 0.3) is 0 Å². The van der Waals surface area contributed by atoms with Crippen molar-refractivity contribution in [3.05, 3.63) is 34.9 Å². The molecule has 2 rings (SSSR count). The molecule has 0 saturated carbocycles. The molecule has 0 aliphatic carbocycles. The van der Waals surface area contributed by atoms with E-state index in [9.17, 15) is 9.59 Å². The molecule has 1 aromatic rings. The molecule has 6 nitrogen and oxygen atoms in total. The van der Waals surface area contributed by atoms with Crippen LogP contribution in [0, 0.1) is 0 Å². The summed E-state index contributed by atoms with van der Waals surface area (Å²) in [4.78, 5) is 25.6. The largest absolute Gasteiger partial charge is 0.341 e. The lowest BCUT2D eigenvalue weighted by Gasteiger charge is -2.31. The molecule has 0 spiro atoms. The Morgan fingerprint density at radius 2 is 1.87 bits per heavy atom. The van der Waals surface area contributed by atoms with Crippen LogP contribution in [-0.2, 0) is 11.3 Å². The molecule has 0 unspecified atom stereocenters. The number of nitrogens with one attached hydrogen (secondary N) is 3. The quantitative estimate of drug-likeness (QED) is 0.758. The fourth-order valence-electron chi connectivity index (χ4n) is 2.53. The second-order valence-electron chi connectivity index (χ2n) is 5.65. The van der Waals surface area contributed by atoms with E-state index in [1.807, 2.05) is 12.1 Å². The molecular weight excluding hydrogens is 316 g/mol. The van der Waals surface area contributed by atoms with E-state index in [2.05, 4.69) is 16.0 Å². The molecule has 0 atom stereocenters. The summed E-state index contributed by atoms with van der Waals surface area (Å²) in [6.07, 6.45) is 1.90. The van der Waals surface area contributed by atoms with Crippen molar-refractivity contribution in [2.75, 3.05) is 26.7 Å². The standard InChI is InChI=1S/C16H23ClN4O2/c1-21(14-6-8-18-9-7-14)15(22)11-20-16(23)19-10-12-2-4-13(17)5-3-12/h2-5,14,18H,6-11H2,1H3,(H2,19,20,23). The van der Waals surface area contributed by atoms with Gasteiger partial charge in [-0.2, -0.15) is 0 Å². The van der Waals surface area contributed by atoms with Crippen molar-refractivity contribution in [1.29, 1.82) is 0 Å². The number of urea groups is 1. The monoisotopic (exact) mass is 338 g/mol. The first kappa shape index (κ1) is 17.6. The van der Waals surface area contributed by atoms with Crippen molar-refractivity contribution in [3.8, 4) is 0 Å². The van der Waals surface area contributed by atoms with Crippen LogP contribution >= 0.6 is 11.6 Å². The smallest absolute Gasteiger partial charge is 0.315 e. The van der Waals surface area contributed by atoms with Crippen LogP contribution in [0.2, 0.25) is 5.02 Å². The second kappa shape index (κ2) is 8.74. The summed E-state index contributed by atoms with van der Waals surface area (Å²) in [5.74, 6) is -0.0708. The van der Waals surface area contributed by atoms with Gasteiger partial charge in [0.15, 0.2) is 0 Å². The zero-order valence-corrected chi connectivity index (χ0v) is 14.0. The number of halogens is 1. The molecular formula is C16H23ClN4O2. The molecule has 1 fully saturated rings. The Kier molecular flexibility index (Phi) is 6.67. The van der Waals surface area contributed by atoms with Crippen LogP contribution in [0.1, 0.15) is 18.4 Å². The SMILES string of the molecule is CN(C(=O)CNC(=O)NCc1ccc(Cl)cc1)C1CCNCC1. The maximum Gasteiger partial charge on any atom is 0.315 e. The Hall–Kier alpha value is -1.79. The Morgan fingerprint density at radius 1 is 1.22 bits per heavy atom. The van der Waals surface area contributed by atoms with E-state index in [1.54, 1.807) is 24.1 Å².